The van der Waals surface area contributed by atoms with Crippen LogP contribution in [0.4, 0.5) is 0 Å². The molecule has 4 nitrogen and oxygen atoms in total. The molecule has 98 valence electrons. The van der Waals surface area contributed by atoms with Crippen molar-refractivity contribution < 1.29 is 9.53 Å². The molecule has 0 saturated carbocycles. The molecule has 0 bridgehead atoms. The Hall–Kier alpha value is -2.14. The van der Waals surface area contributed by atoms with Crippen LogP contribution >= 0.6 is 11.3 Å². The first kappa shape index (κ1) is 13.3. The Balaban J connectivity index is 1.76. The van der Waals surface area contributed by atoms with Crippen LogP contribution in [0.15, 0.2) is 46.9 Å². The zero-order chi connectivity index (χ0) is 13.5. The summed E-state index contributed by atoms with van der Waals surface area (Å²) in [6, 6.07) is 11.2. The minimum atomic E-state index is -0.283. The number of thiophene rings is 1. The van der Waals surface area contributed by atoms with Gasteiger partial charge in [-0.25, -0.2) is 5.43 Å². The number of para-hydroxylation sites is 1. The van der Waals surface area contributed by atoms with Crippen molar-refractivity contribution in [1.82, 2.24) is 5.43 Å². The largest absolute Gasteiger partial charge is 0.484 e. The lowest BCUT2D eigenvalue weighted by molar-refractivity contribution is -0.123. The van der Waals surface area contributed by atoms with Crippen LogP contribution in [-0.4, -0.2) is 18.7 Å². The highest BCUT2D eigenvalue weighted by Crippen LogP contribution is 2.12. The van der Waals surface area contributed by atoms with Crippen molar-refractivity contribution in [1.29, 1.82) is 0 Å². The highest BCUT2D eigenvalue weighted by Gasteiger charge is 2.01. The maximum atomic E-state index is 11.5. The van der Waals surface area contributed by atoms with Crippen LogP contribution in [0.3, 0.4) is 0 Å². The first-order chi connectivity index (χ1) is 9.25. The number of amides is 1. The van der Waals surface area contributed by atoms with E-state index in [0.29, 0.717) is 5.75 Å². The standard InChI is InChI=1S/C14H14N2O2S/c1-11-7-8-19-13(11)9-15-16-14(17)10-18-12-5-3-2-4-6-12/h2-9H,10H2,1H3,(H,16,17)/b15-9-. The second kappa shape index (κ2) is 6.70. The Morgan fingerprint density at radius 2 is 2.16 bits per heavy atom. The van der Waals surface area contributed by atoms with E-state index in [2.05, 4.69) is 10.5 Å². The maximum Gasteiger partial charge on any atom is 0.277 e. The molecule has 19 heavy (non-hydrogen) atoms. The number of hydrazone groups is 1. The molecule has 1 amide bonds. The van der Waals surface area contributed by atoms with E-state index in [0.717, 1.165) is 10.4 Å². The van der Waals surface area contributed by atoms with Crippen molar-refractivity contribution in [2.75, 3.05) is 6.61 Å². The third-order valence-electron chi connectivity index (χ3n) is 2.39. The second-order valence-electron chi connectivity index (χ2n) is 3.86. The second-order valence-corrected chi connectivity index (χ2v) is 4.81. The molecule has 0 fully saturated rings. The smallest absolute Gasteiger partial charge is 0.277 e. The third kappa shape index (κ3) is 4.22. The third-order valence-corrected chi connectivity index (χ3v) is 3.34. The molecule has 0 aliphatic rings. The Morgan fingerprint density at radius 1 is 1.37 bits per heavy atom. The van der Waals surface area contributed by atoms with Crippen LogP contribution in [0.1, 0.15) is 10.4 Å². The van der Waals surface area contributed by atoms with Gasteiger partial charge in [0.05, 0.1) is 6.21 Å². The van der Waals surface area contributed by atoms with Gasteiger partial charge in [0.2, 0.25) is 0 Å². The van der Waals surface area contributed by atoms with Crippen molar-refractivity contribution in [2.24, 2.45) is 5.10 Å². The zero-order valence-corrected chi connectivity index (χ0v) is 11.3. The lowest BCUT2D eigenvalue weighted by atomic mass is 10.3. The summed E-state index contributed by atoms with van der Waals surface area (Å²) in [5.41, 5.74) is 3.57. The molecule has 1 aromatic carbocycles. The lowest BCUT2D eigenvalue weighted by Crippen LogP contribution is -2.24. The Morgan fingerprint density at radius 3 is 2.84 bits per heavy atom. The van der Waals surface area contributed by atoms with E-state index in [1.54, 1.807) is 29.7 Å². The topological polar surface area (TPSA) is 50.7 Å². The molecule has 2 aromatic rings. The van der Waals surface area contributed by atoms with Crippen LogP contribution in [-0.2, 0) is 4.79 Å². The van der Waals surface area contributed by atoms with Crippen molar-refractivity contribution in [3.8, 4) is 5.75 Å². The van der Waals surface area contributed by atoms with Crippen LogP contribution in [0.5, 0.6) is 5.75 Å². The van der Waals surface area contributed by atoms with Crippen molar-refractivity contribution in [2.45, 2.75) is 6.92 Å². The summed E-state index contributed by atoms with van der Waals surface area (Å²) in [6.07, 6.45) is 1.64. The zero-order valence-electron chi connectivity index (χ0n) is 10.5. The highest BCUT2D eigenvalue weighted by molar-refractivity contribution is 7.11. The Bertz CT molecular complexity index is 564. The molecule has 5 heteroatoms. The number of rotatable bonds is 5. The predicted octanol–water partition coefficient (Wildman–Crippen LogP) is 2.59. The average molecular weight is 274 g/mol. The number of aryl methyl sites for hydroxylation is 1. The minimum Gasteiger partial charge on any atom is -0.484 e. The van der Waals surface area contributed by atoms with Gasteiger partial charge < -0.3 is 4.74 Å². The van der Waals surface area contributed by atoms with Gasteiger partial charge >= 0.3 is 0 Å². The van der Waals surface area contributed by atoms with Crippen LogP contribution in [0, 0.1) is 6.92 Å². The molecule has 0 unspecified atom stereocenters. The maximum absolute atomic E-state index is 11.5. The Labute approximate surface area is 115 Å². The summed E-state index contributed by atoms with van der Waals surface area (Å²) in [5.74, 6) is 0.380. The molecular weight excluding hydrogens is 260 g/mol. The van der Waals surface area contributed by atoms with Gasteiger partial charge in [0.25, 0.3) is 5.91 Å². The molecule has 0 spiro atoms. The van der Waals surface area contributed by atoms with E-state index >= 15 is 0 Å². The van der Waals surface area contributed by atoms with E-state index in [1.165, 1.54) is 0 Å². The molecular formula is C14H14N2O2S. The monoisotopic (exact) mass is 274 g/mol. The molecule has 0 radical (unpaired) electrons. The minimum absolute atomic E-state index is 0.0508. The highest BCUT2D eigenvalue weighted by atomic mass is 32.1. The van der Waals surface area contributed by atoms with Crippen molar-refractivity contribution in [3.63, 3.8) is 0 Å². The number of hydrogen-bond acceptors (Lipinski definition) is 4. The number of ether oxygens (including phenoxy) is 1. The first-order valence-corrected chi connectivity index (χ1v) is 6.67. The summed E-state index contributed by atoms with van der Waals surface area (Å²) < 4.78 is 5.30. The average Bonchev–Trinajstić information content (AvgIpc) is 2.83. The van der Waals surface area contributed by atoms with E-state index < -0.39 is 0 Å². The normalized spacial score (nSPS) is 10.6. The van der Waals surface area contributed by atoms with Gasteiger partial charge in [-0.2, -0.15) is 5.10 Å². The fourth-order valence-electron chi connectivity index (χ4n) is 1.38. The van der Waals surface area contributed by atoms with Gasteiger partial charge in [0.15, 0.2) is 6.61 Å². The van der Waals surface area contributed by atoms with E-state index in [4.69, 9.17) is 4.74 Å². The van der Waals surface area contributed by atoms with Crippen LogP contribution in [0.25, 0.3) is 0 Å². The summed E-state index contributed by atoms with van der Waals surface area (Å²) >= 11 is 1.58. The summed E-state index contributed by atoms with van der Waals surface area (Å²) in [7, 11) is 0. The summed E-state index contributed by atoms with van der Waals surface area (Å²) in [6.45, 7) is 1.95. The van der Waals surface area contributed by atoms with E-state index in [1.807, 2.05) is 36.6 Å². The van der Waals surface area contributed by atoms with Gasteiger partial charge in [-0.05, 0) is 36.1 Å². The quantitative estimate of drug-likeness (QED) is 0.673. The molecule has 0 saturated heterocycles. The number of carbonyl (C=O) groups is 1. The van der Waals surface area contributed by atoms with Gasteiger partial charge in [0.1, 0.15) is 5.75 Å². The summed E-state index contributed by atoms with van der Waals surface area (Å²) in [5, 5.41) is 5.88. The lowest BCUT2D eigenvalue weighted by Gasteiger charge is -2.03. The van der Waals surface area contributed by atoms with Crippen molar-refractivity contribution >= 4 is 23.5 Å². The summed E-state index contributed by atoms with van der Waals surface area (Å²) in [4.78, 5) is 12.5. The van der Waals surface area contributed by atoms with E-state index in [9.17, 15) is 4.79 Å². The molecule has 2 rings (SSSR count). The molecule has 1 heterocycles. The molecule has 0 aliphatic heterocycles. The molecule has 1 aromatic heterocycles. The fraction of sp³-hybridized carbons (Fsp3) is 0.143. The molecule has 0 aliphatic carbocycles. The van der Waals surface area contributed by atoms with E-state index in [-0.39, 0.29) is 12.5 Å². The first-order valence-electron chi connectivity index (χ1n) is 5.79. The number of carbonyl (C=O) groups excluding carboxylic acids is 1. The number of hydrogen-bond donors (Lipinski definition) is 1. The fourth-order valence-corrected chi connectivity index (χ4v) is 2.16. The van der Waals surface area contributed by atoms with Gasteiger partial charge in [0, 0.05) is 4.88 Å². The Kier molecular flexibility index (Phi) is 4.69. The van der Waals surface area contributed by atoms with Crippen LogP contribution < -0.4 is 10.2 Å². The SMILES string of the molecule is Cc1ccsc1/C=N\NC(=O)COc1ccccc1. The molecule has 1 N–H and O–H groups in total. The molecule has 0 atom stereocenters. The number of nitrogens with zero attached hydrogens (tertiary/aromatic N) is 1. The van der Waals surface area contributed by atoms with Gasteiger partial charge in [-0.15, -0.1) is 11.3 Å². The number of nitrogens with one attached hydrogen (secondary N) is 1. The number of benzene rings is 1. The van der Waals surface area contributed by atoms with Crippen LogP contribution in [0.2, 0.25) is 0 Å². The van der Waals surface area contributed by atoms with Gasteiger partial charge in [-0.1, -0.05) is 18.2 Å². The van der Waals surface area contributed by atoms with Gasteiger partial charge in [-0.3, -0.25) is 4.79 Å². The van der Waals surface area contributed by atoms with Crippen molar-refractivity contribution in [3.05, 3.63) is 52.2 Å². The predicted molar refractivity (Wildman–Crippen MR) is 76.7 cm³/mol.